The standard InChI is InChI=1S/C19H21N5O/c1-13-17(10-20-12-23-13)19(25)24-6-2-3-14(11-24)7-15-8-16-4-5-21-18(16)22-9-15/h4-5,8-10,12,14H,2-3,6-7,11H2,1H3,(H,21,22)/t14-/m0/s1. The number of pyridine rings is 1. The number of amides is 1. The summed E-state index contributed by atoms with van der Waals surface area (Å²) in [5, 5.41) is 1.14. The summed E-state index contributed by atoms with van der Waals surface area (Å²) in [6.07, 6.45) is 10.1. The van der Waals surface area contributed by atoms with Crippen LogP contribution in [0.2, 0.25) is 0 Å². The summed E-state index contributed by atoms with van der Waals surface area (Å²) >= 11 is 0. The van der Waals surface area contributed by atoms with E-state index in [1.807, 2.05) is 30.3 Å². The van der Waals surface area contributed by atoms with Gasteiger partial charge in [-0.1, -0.05) is 0 Å². The molecule has 4 rings (SSSR count). The van der Waals surface area contributed by atoms with Crippen LogP contribution in [0.25, 0.3) is 11.0 Å². The van der Waals surface area contributed by atoms with Gasteiger partial charge in [-0.3, -0.25) is 4.79 Å². The van der Waals surface area contributed by atoms with Crippen LogP contribution in [0.5, 0.6) is 0 Å². The minimum Gasteiger partial charge on any atom is -0.346 e. The van der Waals surface area contributed by atoms with E-state index >= 15 is 0 Å². The quantitative estimate of drug-likeness (QED) is 0.798. The van der Waals surface area contributed by atoms with Gasteiger partial charge >= 0.3 is 0 Å². The van der Waals surface area contributed by atoms with Crippen molar-refractivity contribution in [1.82, 2.24) is 24.8 Å². The van der Waals surface area contributed by atoms with Crippen LogP contribution < -0.4 is 0 Å². The molecule has 1 fully saturated rings. The van der Waals surface area contributed by atoms with Crippen molar-refractivity contribution in [3.63, 3.8) is 0 Å². The molecule has 3 aromatic heterocycles. The maximum Gasteiger partial charge on any atom is 0.257 e. The van der Waals surface area contributed by atoms with E-state index in [-0.39, 0.29) is 5.91 Å². The largest absolute Gasteiger partial charge is 0.346 e. The van der Waals surface area contributed by atoms with E-state index < -0.39 is 0 Å². The van der Waals surface area contributed by atoms with Gasteiger partial charge in [-0.15, -0.1) is 0 Å². The van der Waals surface area contributed by atoms with Crippen LogP contribution in [0.1, 0.15) is 34.5 Å². The first-order valence-electron chi connectivity index (χ1n) is 8.68. The first kappa shape index (κ1) is 15.7. The number of carbonyl (C=O) groups is 1. The van der Waals surface area contributed by atoms with E-state index in [0.29, 0.717) is 11.5 Å². The van der Waals surface area contributed by atoms with Crippen molar-refractivity contribution in [2.24, 2.45) is 5.92 Å². The van der Waals surface area contributed by atoms with Crippen molar-refractivity contribution in [3.05, 3.63) is 53.9 Å². The molecule has 0 spiro atoms. The van der Waals surface area contributed by atoms with Gasteiger partial charge in [0.2, 0.25) is 0 Å². The first-order valence-corrected chi connectivity index (χ1v) is 8.68. The lowest BCUT2D eigenvalue weighted by Crippen LogP contribution is -2.40. The van der Waals surface area contributed by atoms with Gasteiger partial charge in [-0.25, -0.2) is 15.0 Å². The van der Waals surface area contributed by atoms with Crippen molar-refractivity contribution in [2.45, 2.75) is 26.2 Å². The number of piperidine rings is 1. The van der Waals surface area contributed by atoms with Crippen LogP contribution >= 0.6 is 0 Å². The molecule has 1 aliphatic rings. The molecule has 1 saturated heterocycles. The SMILES string of the molecule is Cc1ncncc1C(=O)N1CCC[C@@H](Cc2cnc3[nH]ccc3c2)C1. The lowest BCUT2D eigenvalue weighted by molar-refractivity contribution is 0.0671. The Hall–Kier alpha value is -2.76. The number of hydrogen-bond donors (Lipinski definition) is 1. The van der Waals surface area contributed by atoms with Crippen molar-refractivity contribution in [1.29, 1.82) is 0 Å². The van der Waals surface area contributed by atoms with Crippen LogP contribution in [0.4, 0.5) is 0 Å². The van der Waals surface area contributed by atoms with Crippen LogP contribution in [0, 0.1) is 12.8 Å². The third-order valence-corrected chi connectivity index (χ3v) is 4.93. The molecule has 0 bridgehead atoms. The van der Waals surface area contributed by atoms with E-state index in [1.54, 1.807) is 6.20 Å². The zero-order valence-electron chi connectivity index (χ0n) is 14.3. The Morgan fingerprint density at radius 2 is 2.28 bits per heavy atom. The van der Waals surface area contributed by atoms with Gasteiger partial charge in [0.1, 0.15) is 12.0 Å². The molecule has 3 aromatic rings. The summed E-state index contributed by atoms with van der Waals surface area (Å²) < 4.78 is 0. The van der Waals surface area contributed by atoms with Gasteiger partial charge in [-0.2, -0.15) is 0 Å². The summed E-state index contributed by atoms with van der Waals surface area (Å²) in [5.74, 6) is 0.503. The van der Waals surface area contributed by atoms with Crippen molar-refractivity contribution < 1.29 is 4.79 Å². The van der Waals surface area contributed by atoms with Gasteiger partial charge in [0, 0.05) is 37.1 Å². The number of aromatic nitrogens is 4. The van der Waals surface area contributed by atoms with E-state index in [1.165, 1.54) is 11.9 Å². The van der Waals surface area contributed by atoms with Crippen molar-refractivity contribution in [2.75, 3.05) is 13.1 Å². The Morgan fingerprint density at radius 3 is 3.16 bits per heavy atom. The highest BCUT2D eigenvalue weighted by Crippen LogP contribution is 2.23. The number of nitrogens with one attached hydrogen (secondary N) is 1. The van der Waals surface area contributed by atoms with Crippen molar-refractivity contribution >= 4 is 16.9 Å². The van der Waals surface area contributed by atoms with E-state index in [0.717, 1.165) is 49.1 Å². The number of aromatic amines is 1. The minimum atomic E-state index is 0.0435. The fourth-order valence-corrected chi connectivity index (χ4v) is 3.62. The molecule has 6 nitrogen and oxygen atoms in total. The molecule has 25 heavy (non-hydrogen) atoms. The zero-order valence-corrected chi connectivity index (χ0v) is 14.3. The van der Waals surface area contributed by atoms with Crippen molar-refractivity contribution in [3.8, 4) is 0 Å². The average molecular weight is 335 g/mol. The topological polar surface area (TPSA) is 74.8 Å². The number of H-pyrrole nitrogens is 1. The van der Waals surface area contributed by atoms with Crippen LogP contribution in [-0.2, 0) is 6.42 Å². The molecule has 0 radical (unpaired) electrons. The third kappa shape index (κ3) is 3.24. The number of rotatable bonds is 3. The Labute approximate surface area is 146 Å². The van der Waals surface area contributed by atoms with Crippen LogP contribution in [-0.4, -0.2) is 43.8 Å². The molecule has 0 unspecified atom stereocenters. The van der Waals surface area contributed by atoms with Gasteiger partial charge in [0.15, 0.2) is 0 Å². The number of nitrogens with zero attached hydrogens (tertiary/aromatic N) is 4. The minimum absolute atomic E-state index is 0.0435. The van der Waals surface area contributed by atoms with E-state index in [2.05, 4.69) is 26.0 Å². The maximum absolute atomic E-state index is 12.8. The second-order valence-corrected chi connectivity index (χ2v) is 6.74. The normalized spacial score (nSPS) is 17.8. The fraction of sp³-hybridized carbons (Fsp3) is 0.368. The molecule has 1 N–H and O–H groups in total. The maximum atomic E-state index is 12.8. The fourth-order valence-electron chi connectivity index (χ4n) is 3.62. The zero-order chi connectivity index (χ0) is 17.2. The highest BCUT2D eigenvalue weighted by atomic mass is 16.2. The van der Waals surface area contributed by atoms with Gasteiger partial charge < -0.3 is 9.88 Å². The van der Waals surface area contributed by atoms with Gasteiger partial charge in [0.05, 0.1) is 11.3 Å². The Balaban J connectivity index is 1.47. The highest BCUT2D eigenvalue weighted by Gasteiger charge is 2.26. The van der Waals surface area contributed by atoms with Crippen LogP contribution in [0.15, 0.2) is 37.1 Å². The number of carbonyl (C=O) groups excluding carboxylic acids is 1. The van der Waals surface area contributed by atoms with Gasteiger partial charge in [0.25, 0.3) is 5.91 Å². The summed E-state index contributed by atoms with van der Waals surface area (Å²) in [6, 6.07) is 4.23. The lowest BCUT2D eigenvalue weighted by atomic mass is 9.91. The second kappa shape index (κ2) is 6.63. The molecular weight excluding hydrogens is 314 g/mol. The summed E-state index contributed by atoms with van der Waals surface area (Å²) in [4.78, 5) is 30.5. The molecule has 128 valence electrons. The van der Waals surface area contributed by atoms with Gasteiger partial charge in [-0.05, 0) is 49.8 Å². The lowest BCUT2D eigenvalue weighted by Gasteiger charge is -2.33. The molecule has 4 heterocycles. The molecule has 0 aromatic carbocycles. The predicted molar refractivity (Wildman–Crippen MR) is 95.2 cm³/mol. The molecule has 1 aliphatic heterocycles. The highest BCUT2D eigenvalue weighted by molar-refractivity contribution is 5.94. The Morgan fingerprint density at radius 1 is 1.36 bits per heavy atom. The average Bonchev–Trinajstić information content (AvgIpc) is 3.09. The molecule has 0 saturated carbocycles. The monoisotopic (exact) mass is 335 g/mol. The second-order valence-electron chi connectivity index (χ2n) is 6.74. The van der Waals surface area contributed by atoms with E-state index in [4.69, 9.17) is 0 Å². The number of likely N-dealkylation sites (tertiary alicyclic amines) is 1. The Kier molecular flexibility index (Phi) is 4.17. The number of fused-ring (bicyclic) bond motifs is 1. The third-order valence-electron chi connectivity index (χ3n) is 4.93. The summed E-state index contributed by atoms with van der Waals surface area (Å²) in [7, 11) is 0. The summed E-state index contributed by atoms with van der Waals surface area (Å²) in [5.41, 5.74) is 3.50. The molecule has 1 amide bonds. The Bertz CT molecular complexity index is 903. The number of aryl methyl sites for hydroxylation is 1. The molecular formula is C19H21N5O. The first-order chi connectivity index (χ1) is 12.2. The number of hydrogen-bond acceptors (Lipinski definition) is 4. The van der Waals surface area contributed by atoms with Crippen LogP contribution in [0.3, 0.4) is 0 Å². The molecule has 1 atom stereocenters. The van der Waals surface area contributed by atoms with E-state index in [9.17, 15) is 4.79 Å². The molecule has 6 heteroatoms. The predicted octanol–water partition coefficient (Wildman–Crippen LogP) is 2.76. The smallest absolute Gasteiger partial charge is 0.257 e. The summed E-state index contributed by atoms with van der Waals surface area (Å²) in [6.45, 7) is 3.44. The molecule has 0 aliphatic carbocycles.